The van der Waals surface area contributed by atoms with E-state index in [0.29, 0.717) is 29.1 Å². The van der Waals surface area contributed by atoms with Crippen molar-refractivity contribution in [1.29, 1.82) is 0 Å². The molecule has 142 valence electrons. The summed E-state index contributed by atoms with van der Waals surface area (Å²) >= 11 is 0. The quantitative estimate of drug-likeness (QED) is 0.683. The van der Waals surface area contributed by atoms with Crippen molar-refractivity contribution in [3.8, 4) is 11.3 Å². The molecule has 0 saturated carbocycles. The highest BCUT2D eigenvalue weighted by Crippen LogP contribution is 2.20. The molecule has 0 aliphatic heterocycles. The maximum absolute atomic E-state index is 12.8. The predicted molar refractivity (Wildman–Crippen MR) is 106 cm³/mol. The van der Waals surface area contributed by atoms with Crippen LogP contribution in [0, 0.1) is 0 Å². The Morgan fingerprint density at radius 2 is 1.82 bits per heavy atom. The van der Waals surface area contributed by atoms with Gasteiger partial charge in [-0.3, -0.25) is 14.6 Å². The van der Waals surface area contributed by atoms with Gasteiger partial charge < -0.3 is 16.4 Å². The second-order valence-electron chi connectivity index (χ2n) is 6.35. The van der Waals surface area contributed by atoms with Crippen LogP contribution in [0.15, 0.2) is 60.8 Å². The molecule has 0 unspecified atom stereocenters. The Kier molecular flexibility index (Phi) is 5.76. The molecule has 7 nitrogen and oxygen atoms in total. The number of nitrogens with two attached hydrogens (primary N) is 2. The molecule has 0 aliphatic carbocycles. The second kappa shape index (κ2) is 8.41. The van der Waals surface area contributed by atoms with Crippen LogP contribution in [0.5, 0.6) is 0 Å². The molecule has 1 heterocycles. The number of primary amides is 1. The molecular weight excluding hydrogens is 354 g/mol. The summed E-state index contributed by atoms with van der Waals surface area (Å²) in [6.45, 7) is 0.565. The SMILES string of the molecule is CN(Cc1ccccc1)C(=O)c1cccc(-c2cnc(CN)c(C(N)=O)n2)c1. The number of carbonyl (C=O) groups excluding carboxylic acids is 2. The van der Waals surface area contributed by atoms with Crippen molar-refractivity contribution >= 4 is 11.8 Å². The molecule has 0 bridgehead atoms. The highest BCUT2D eigenvalue weighted by Gasteiger charge is 2.16. The summed E-state index contributed by atoms with van der Waals surface area (Å²) in [4.78, 5) is 34.5. The van der Waals surface area contributed by atoms with Crippen LogP contribution < -0.4 is 11.5 Å². The van der Waals surface area contributed by atoms with Gasteiger partial charge in [0.25, 0.3) is 11.8 Å². The molecule has 3 aromatic rings. The van der Waals surface area contributed by atoms with E-state index in [1.54, 1.807) is 36.2 Å². The average molecular weight is 375 g/mol. The second-order valence-corrected chi connectivity index (χ2v) is 6.35. The number of aromatic nitrogens is 2. The molecule has 0 saturated heterocycles. The van der Waals surface area contributed by atoms with E-state index < -0.39 is 5.91 Å². The summed E-state index contributed by atoms with van der Waals surface area (Å²) in [7, 11) is 1.75. The largest absolute Gasteiger partial charge is 0.364 e. The lowest BCUT2D eigenvalue weighted by atomic mass is 10.1. The summed E-state index contributed by atoms with van der Waals surface area (Å²) in [6, 6.07) is 16.8. The van der Waals surface area contributed by atoms with Gasteiger partial charge in [-0.25, -0.2) is 4.98 Å². The van der Waals surface area contributed by atoms with Crippen molar-refractivity contribution in [3.63, 3.8) is 0 Å². The fourth-order valence-corrected chi connectivity index (χ4v) is 2.86. The summed E-state index contributed by atoms with van der Waals surface area (Å²) in [5, 5.41) is 0. The predicted octanol–water partition coefficient (Wildman–Crippen LogP) is 1.97. The van der Waals surface area contributed by atoms with Gasteiger partial charge in [0.05, 0.1) is 17.6 Å². The molecular formula is C21H21N5O2. The van der Waals surface area contributed by atoms with Crippen LogP contribution in [-0.2, 0) is 13.1 Å². The number of carbonyl (C=O) groups is 2. The molecule has 28 heavy (non-hydrogen) atoms. The third kappa shape index (κ3) is 4.21. The van der Waals surface area contributed by atoms with E-state index in [0.717, 1.165) is 5.56 Å². The zero-order chi connectivity index (χ0) is 20.1. The van der Waals surface area contributed by atoms with E-state index in [9.17, 15) is 9.59 Å². The summed E-state index contributed by atoms with van der Waals surface area (Å²) in [6.07, 6.45) is 1.52. The van der Waals surface area contributed by atoms with Crippen LogP contribution in [0.1, 0.15) is 32.1 Å². The summed E-state index contributed by atoms with van der Waals surface area (Å²) in [5.41, 5.74) is 14.0. The van der Waals surface area contributed by atoms with Crippen LogP contribution in [0.3, 0.4) is 0 Å². The lowest BCUT2D eigenvalue weighted by molar-refractivity contribution is 0.0785. The van der Waals surface area contributed by atoms with E-state index in [1.165, 1.54) is 6.20 Å². The number of hydrogen-bond donors (Lipinski definition) is 2. The van der Waals surface area contributed by atoms with E-state index >= 15 is 0 Å². The van der Waals surface area contributed by atoms with Crippen molar-refractivity contribution in [1.82, 2.24) is 14.9 Å². The van der Waals surface area contributed by atoms with Crippen LogP contribution in [0.2, 0.25) is 0 Å². The minimum absolute atomic E-state index is 0.0397. The lowest BCUT2D eigenvalue weighted by Crippen LogP contribution is -2.26. The molecule has 3 rings (SSSR count). The van der Waals surface area contributed by atoms with Gasteiger partial charge in [0.15, 0.2) is 5.69 Å². The Morgan fingerprint density at radius 1 is 1.07 bits per heavy atom. The third-order valence-electron chi connectivity index (χ3n) is 4.29. The molecule has 4 N–H and O–H groups in total. The highest BCUT2D eigenvalue weighted by atomic mass is 16.2. The fourth-order valence-electron chi connectivity index (χ4n) is 2.86. The minimum Gasteiger partial charge on any atom is -0.364 e. The Hall–Kier alpha value is -3.58. The van der Waals surface area contributed by atoms with Crippen molar-refractivity contribution in [2.45, 2.75) is 13.1 Å². The van der Waals surface area contributed by atoms with Crippen molar-refractivity contribution in [2.75, 3.05) is 7.05 Å². The number of benzene rings is 2. The van der Waals surface area contributed by atoms with Gasteiger partial charge >= 0.3 is 0 Å². The fraction of sp³-hybridized carbons (Fsp3) is 0.143. The van der Waals surface area contributed by atoms with Crippen molar-refractivity contribution < 1.29 is 9.59 Å². The van der Waals surface area contributed by atoms with Gasteiger partial charge in [-0.15, -0.1) is 0 Å². The standard InChI is InChI=1S/C21H21N5O2/c1-26(13-14-6-3-2-4-7-14)21(28)16-9-5-8-15(10-16)18-12-24-17(11-22)19(25-18)20(23)27/h2-10,12H,11,13,22H2,1H3,(H2,23,27). The normalized spacial score (nSPS) is 10.5. The van der Waals surface area contributed by atoms with Crippen LogP contribution >= 0.6 is 0 Å². The van der Waals surface area contributed by atoms with Gasteiger partial charge in [0.2, 0.25) is 0 Å². The van der Waals surface area contributed by atoms with Crippen LogP contribution in [-0.4, -0.2) is 33.7 Å². The van der Waals surface area contributed by atoms with Crippen molar-refractivity contribution in [2.24, 2.45) is 11.5 Å². The number of rotatable bonds is 6. The smallest absolute Gasteiger partial charge is 0.269 e. The first-order chi connectivity index (χ1) is 13.5. The van der Waals surface area contributed by atoms with E-state index in [-0.39, 0.29) is 18.1 Å². The first-order valence-electron chi connectivity index (χ1n) is 8.75. The van der Waals surface area contributed by atoms with Gasteiger partial charge in [-0.05, 0) is 17.7 Å². The van der Waals surface area contributed by atoms with E-state index in [2.05, 4.69) is 9.97 Å². The zero-order valence-corrected chi connectivity index (χ0v) is 15.5. The molecule has 0 radical (unpaired) electrons. The molecule has 7 heteroatoms. The maximum atomic E-state index is 12.8. The Morgan fingerprint density at radius 3 is 2.50 bits per heavy atom. The van der Waals surface area contributed by atoms with E-state index in [4.69, 9.17) is 11.5 Å². The highest BCUT2D eigenvalue weighted by molar-refractivity contribution is 5.95. The first kappa shape index (κ1) is 19.2. The Labute approximate surface area is 163 Å². The number of nitrogens with zero attached hydrogens (tertiary/aromatic N) is 3. The van der Waals surface area contributed by atoms with Crippen molar-refractivity contribution in [3.05, 3.63) is 83.3 Å². The average Bonchev–Trinajstić information content (AvgIpc) is 2.73. The van der Waals surface area contributed by atoms with Crippen LogP contribution in [0.25, 0.3) is 11.3 Å². The van der Waals surface area contributed by atoms with E-state index in [1.807, 2.05) is 30.3 Å². The number of hydrogen-bond acceptors (Lipinski definition) is 5. The molecule has 1 aromatic heterocycles. The maximum Gasteiger partial charge on any atom is 0.269 e. The monoisotopic (exact) mass is 375 g/mol. The van der Waals surface area contributed by atoms with Gasteiger partial charge in [0, 0.05) is 31.3 Å². The molecule has 2 amide bonds. The zero-order valence-electron chi connectivity index (χ0n) is 15.5. The van der Waals surface area contributed by atoms with Gasteiger partial charge in [-0.1, -0.05) is 42.5 Å². The molecule has 0 aliphatic rings. The third-order valence-corrected chi connectivity index (χ3v) is 4.29. The summed E-state index contributed by atoms with van der Waals surface area (Å²) in [5.74, 6) is -0.808. The summed E-state index contributed by atoms with van der Waals surface area (Å²) < 4.78 is 0. The Balaban J connectivity index is 1.87. The Bertz CT molecular complexity index is 1000. The first-order valence-corrected chi connectivity index (χ1v) is 8.75. The lowest BCUT2D eigenvalue weighted by Gasteiger charge is -2.18. The van der Waals surface area contributed by atoms with Crippen LogP contribution in [0.4, 0.5) is 0 Å². The molecule has 2 aromatic carbocycles. The topological polar surface area (TPSA) is 115 Å². The molecule has 0 fully saturated rings. The molecule has 0 atom stereocenters. The number of amides is 2. The van der Waals surface area contributed by atoms with Gasteiger partial charge in [0.1, 0.15) is 0 Å². The minimum atomic E-state index is -0.690. The van der Waals surface area contributed by atoms with Gasteiger partial charge in [-0.2, -0.15) is 0 Å². The molecule has 0 spiro atoms.